The van der Waals surface area contributed by atoms with Crippen LogP contribution >= 0.6 is 0 Å². The zero-order valence-corrected chi connectivity index (χ0v) is 11.0. The molecule has 98 valence electrons. The zero-order chi connectivity index (χ0) is 12.5. The molecule has 1 saturated heterocycles. The van der Waals surface area contributed by atoms with Crippen LogP contribution in [0.2, 0.25) is 0 Å². The van der Waals surface area contributed by atoms with Gasteiger partial charge in [0.15, 0.2) is 0 Å². The van der Waals surface area contributed by atoms with E-state index in [1.54, 1.807) is 0 Å². The second kappa shape index (κ2) is 4.82. The predicted octanol–water partition coefficient (Wildman–Crippen LogP) is 0.564. The fourth-order valence-electron chi connectivity index (χ4n) is 2.73. The van der Waals surface area contributed by atoms with Gasteiger partial charge in [0.25, 0.3) is 0 Å². The molecule has 1 unspecified atom stereocenters. The maximum atomic E-state index is 6.09. The van der Waals surface area contributed by atoms with Crippen LogP contribution in [0.15, 0.2) is 6.20 Å². The Morgan fingerprint density at radius 1 is 1.28 bits per heavy atom. The molecule has 2 heterocycles. The smallest absolute Gasteiger partial charge is 0.225 e. The SMILES string of the molecule is CN1CCN(c2ncc3c(n2)CCCC3N)CC1. The fourth-order valence-corrected chi connectivity index (χ4v) is 2.73. The Kier molecular flexibility index (Phi) is 3.18. The summed E-state index contributed by atoms with van der Waals surface area (Å²) in [6.07, 6.45) is 5.20. The van der Waals surface area contributed by atoms with Crippen molar-refractivity contribution in [2.45, 2.75) is 25.3 Å². The first kappa shape index (κ1) is 11.9. The summed E-state index contributed by atoms with van der Waals surface area (Å²) in [4.78, 5) is 13.9. The van der Waals surface area contributed by atoms with Crippen LogP contribution < -0.4 is 10.6 Å². The van der Waals surface area contributed by atoms with Crippen molar-refractivity contribution in [3.8, 4) is 0 Å². The van der Waals surface area contributed by atoms with E-state index in [0.29, 0.717) is 0 Å². The van der Waals surface area contributed by atoms with Crippen molar-refractivity contribution >= 4 is 5.95 Å². The molecule has 0 bridgehead atoms. The van der Waals surface area contributed by atoms with Crippen molar-refractivity contribution in [3.63, 3.8) is 0 Å². The van der Waals surface area contributed by atoms with Gasteiger partial charge in [0.05, 0.1) is 5.69 Å². The van der Waals surface area contributed by atoms with Gasteiger partial charge in [-0.05, 0) is 26.3 Å². The van der Waals surface area contributed by atoms with E-state index in [9.17, 15) is 0 Å². The van der Waals surface area contributed by atoms with Gasteiger partial charge < -0.3 is 15.5 Å². The molecule has 0 amide bonds. The third kappa shape index (κ3) is 2.20. The number of rotatable bonds is 1. The molecule has 0 radical (unpaired) electrons. The molecule has 1 fully saturated rings. The van der Waals surface area contributed by atoms with Crippen molar-refractivity contribution in [2.24, 2.45) is 5.73 Å². The molecule has 5 nitrogen and oxygen atoms in total. The molecule has 1 atom stereocenters. The highest BCUT2D eigenvalue weighted by atomic mass is 15.3. The second-order valence-electron chi connectivity index (χ2n) is 5.36. The highest BCUT2D eigenvalue weighted by Crippen LogP contribution is 2.27. The Morgan fingerprint density at radius 2 is 2.06 bits per heavy atom. The minimum Gasteiger partial charge on any atom is -0.338 e. The van der Waals surface area contributed by atoms with Crippen LogP contribution in [0.5, 0.6) is 0 Å². The largest absolute Gasteiger partial charge is 0.338 e. The lowest BCUT2D eigenvalue weighted by Gasteiger charge is -2.33. The molecule has 0 saturated carbocycles. The number of fused-ring (bicyclic) bond motifs is 1. The molecule has 2 aliphatic rings. The number of hydrogen-bond acceptors (Lipinski definition) is 5. The van der Waals surface area contributed by atoms with E-state index in [0.717, 1.165) is 62.6 Å². The van der Waals surface area contributed by atoms with Gasteiger partial charge in [-0.3, -0.25) is 0 Å². The molecular formula is C13H21N5. The second-order valence-corrected chi connectivity index (χ2v) is 5.36. The predicted molar refractivity (Wildman–Crippen MR) is 71.6 cm³/mol. The maximum Gasteiger partial charge on any atom is 0.225 e. The summed E-state index contributed by atoms with van der Waals surface area (Å²) >= 11 is 0. The van der Waals surface area contributed by atoms with E-state index in [4.69, 9.17) is 10.7 Å². The Balaban J connectivity index is 1.81. The number of aromatic nitrogens is 2. The summed E-state index contributed by atoms with van der Waals surface area (Å²) in [6, 6.07) is 0.135. The highest BCUT2D eigenvalue weighted by Gasteiger charge is 2.22. The molecule has 1 aromatic heterocycles. The van der Waals surface area contributed by atoms with Crippen LogP contribution in [0.4, 0.5) is 5.95 Å². The summed E-state index contributed by atoms with van der Waals surface area (Å²) < 4.78 is 0. The van der Waals surface area contributed by atoms with Gasteiger partial charge in [0.2, 0.25) is 5.95 Å². The van der Waals surface area contributed by atoms with Crippen molar-refractivity contribution < 1.29 is 0 Å². The third-order valence-corrected chi connectivity index (χ3v) is 4.00. The van der Waals surface area contributed by atoms with Gasteiger partial charge in [-0.2, -0.15) is 0 Å². The molecule has 3 rings (SSSR count). The number of nitrogens with two attached hydrogens (primary N) is 1. The van der Waals surface area contributed by atoms with E-state index < -0.39 is 0 Å². The molecular weight excluding hydrogens is 226 g/mol. The first-order chi connectivity index (χ1) is 8.74. The van der Waals surface area contributed by atoms with Crippen LogP contribution in [0.3, 0.4) is 0 Å². The average molecular weight is 247 g/mol. The molecule has 1 aliphatic carbocycles. The van der Waals surface area contributed by atoms with Crippen LogP contribution in [-0.4, -0.2) is 48.1 Å². The molecule has 0 spiro atoms. The quantitative estimate of drug-likeness (QED) is 0.786. The summed E-state index contributed by atoms with van der Waals surface area (Å²) in [5.74, 6) is 0.885. The maximum absolute atomic E-state index is 6.09. The van der Waals surface area contributed by atoms with Crippen molar-refractivity contribution in [2.75, 3.05) is 38.1 Å². The fraction of sp³-hybridized carbons (Fsp3) is 0.692. The lowest BCUT2D eigenvalue weighted by atomic mass is 9.93. The highest BCUT2D eigenvalue weighted by molar-refractivity contribution is 5.36. The summed E-state index contributed by atoms with van der Waals surface area (Å²) in [7, 11) is 2.16. The normalized spacial score (nSPS) is 25.0. The van der Waals surface area contributed by atoms with Gasteiger partial charge in [-0.1, -0.05) is 0 Å². The van der Waals surface area contributed by atoms with Crippen molar-refractivity contribution in [1.29, 1.82) is 0 Å². The number of piperazine rings is 1. The van der Waals surface area contributed by atoms with Crippen molar-refractivity contribution in [1.82, 2.24) is 14.9 Å². The third-order valence-electron chi connectivity index (χ3n) is 4.00. The summed E-state index contributed by atoms with van der Waals surface area (Å²) in [6.45, 7) is 4.20. The van der Waals surface area contributed by atoms with Gasteiger partial charge >= 0.3 is 0 Å². The average Bonchev–Trinajstić information content (AvgIpc) is 2.39. The molecule has 1 aliphatic heterocycles. The zero-order valence-electron chi connectivity index (χ0n) is 11.0. The number of anilines is 1. The topological polar surface area (TPSA) is 58.3 Å². The molecule has 5 heteroatoms. The van der Waals surface area contributed by atoms with Gasteiger partial charge in [0, 0.05) is 44.0 Å². The molecule has 2 N–H and O–H groups in total. The summed E-state index contributed by atoms with van der Waals surface area (Å²) in [5, 5.41) is 0. The minimum atomic E-state index is 0.135. The minimum absolute atomic E-state index is 0.135. The van der Waals surface area contributed by atoms with Crippen molar-refractivity contribution in [3.05, 3.63) is 17.5 Å². The summed E-state index contributed by atoms with van der Waals surface area (Å²) in [5.41, 5.74) is 8.41. The Morgan fingerprint density at radius 3 is 2.83 bits per heavy atom. The Bertz CT molecular complexity index is 425. The van der Waals surface area contributed by atoms with E-state index in [1.165, 1.54) is 0 Å². The van der Waals surface area contributed by atoms with Crippen LogP contribution in [0.25, 0.3) is 0 Å². The van der Waals surface area contributed by atoms with E-state index >= 15 is 0 Å². The Hall–Kier alpha value is -1.20. The van der Waals surface area contributed by atoms with Gasteiger partial charge in [-0.15, -0.1) is 0 Å². The van der Waals surface area contributed by atoms with Crippen LogP contribution in [-0.2, 0) is 6.42 Å². The molecule has 1 aromatic rings. The number of likely N-dealkylation sites (N-methyl/N-ethyl adjacent to an activating group) is 1. The monoisotopic (exact) mass is 247 g/mol. The molecule has 0 aromatic carbocycles. The van der Waals surface area contributed by atoms with E-state index in [2.05, 4.69) is 21.8 Å². The lowest BCUT2D eigenvalue weighted by molar-refractivity contribution is 0.311. The van der Waals surface area contributed by atoms with E-state index in [-0.39, 0.29) is 6.04 Å². The first-order valence-corrected chi connectivity index (χ1v) is 6.79. The van der Waals surface area contributed by atoms with Gasteiger partial charge in [0.1, 0.15) is 0 Å². The standard InChI is InChI=1S/C13H21N5/c1-17-5-7-18(8-6-17)13-15-9-10-11(14)3-2-4-12(10)16-13/h9,11H,2-8,14H2,1H3. The number of aryl methyl sites for hydroxylation is 1. The number of hydrogen-bond donors (Lipinski definition) is 1. The first-order valence-electron chi connectivity index (χ1n) is 6.79. The van der Waals surface area contributed by atoms with Crippen LogP contribution in [0, 0.1) is 0 Å². The lowest BCUT2D eigenvalue weighted by Crippen LogP contribution is -2.45. The van der Waals surface area contributed by atoms with Gasteiger partial charge in [-0.25, -0.2) is 9.97 Å². The Labute approximate surface area is 108 Å². The number of nitrogens with zero attached hydrogens (tertiary/aromatic N) is 4. The van der Waals surface area contributed by atoms with Crippen LogP contribution in [0.1, 0.15) is 30.1 Å². The van der Waals surface area contributed by atoms with E-state index in [1.807, 2.05) is 6.20 Å². The molecule has 18 heavy (non-hydrogen) atoms.